The molecule has 0 aromatic carbocycles. The van der Waals surface area contributed by atoms with Gasteiger partial charge in [0.25, 0.3) is 0 Å². The fourth-order valence-corrected chi connectivity index (χ4v) is 1.91. The second kappa shape index (κ2) is 4.75. The molecule has 2 unspecified atom stereocenters. The van der Waals surface area contributed by atoms with Crippen molar-refractivity contribution in [2.75, 3.05) is 6.61 Å². The summed E-state index contributed by atoms with van der Waals surface area (Å²) in [7, 11) is 0. The Morgan fingerprint density at radius 3 is 2.77 bits per heavy atom. The third-order valence-electron chi connectivity index (χ3n) is 2.99. The van der Waals surface area contributed by atoms with Gasteiger partial charge in [0.15, 0.2) is 6.29 Å². The van der Waals surface area contributed by atoms with E-state index in [-0.39, 0.29) is 0 Å². The van der Waals surface area contributed by atoms with Gasteiger partial charge in [0.2, 0.25) is 0 Å². The van der Waals surface area contributed by atoms with Crippen LogP contribution in [0.15, 0.2) is 0 Å². The molecule has 1 heterocycles. The Kier molecular flexibility index (Phi) is 3.91. The van der Waals surface area contributed by atoms with Gasteiger partial charge in [0.1, 0.15) is 5.60 Å². The van der Waals surface area contributed by atoms with Gasteiger partial charge in [0, 0.05) is 6.61 Å². The van der Waals surface area contributed by atoms with Crippen LogP contribution in [-0.2, 0) is 9.53 Å². The molecule has 0 amide bonds. The molecule has 0 N–H and O–H groups in total. The van der Waals surface area contributed by atoms with Gasteiger partial charge in [0.05, 0.1) is 0 Å². The molecule has 1 rings (SSSR count). The molecule has 1 saturated heterocycles. The van der Waals surface area contributed by atoms with Crippen molar-refractivity contribution in [2.24, 2.45) is 5.92 Å². The maximum atomic E-state index is 11.0. The molecule has 1 aliphatic heterocycles. The van der Waals surface area contributed by atoms with Crippen LogP contribution in [0.4, 0.5) is 0 Å². The van der Waals surface area contributed by atoms with Crippen molar-refractivity contribution in [3.63, 3.8) is 0 Å². The number of carbonyl (C=O) groups excluding carboxylic acids is 1. The quantitative estimate of drug-likeness (QED) is 0.628. The van der Waals surface area contributed by atoms with Crippen molar-refractivity contribution in [2.45, 2.75) is 51.6 Å². The maximum Gasteiger partial charge on any atom is 0.151 e. The summed E-state index contributed by atoms with van der Waals surface area (Å²) in [5.74, 6) is 0.586. The molecule has 0 bridgehead atoms. The number of ether oxygens (including phenoxy) is 1. The van der Waals surface area contributed by atoms with Crippen molar-refractivity contribution in [3.05, 3.63) is 0 Å². The molecule has 76 valence electrons. The number of aldehydes is 1. The third kappa shape index (κ3) is 2.80. The van der Waals surface area contributed by atoms with Gasteiger partial charge in [-0.25, -0.2) is 0 Å². The van der Waals surface area contributed by atoms with E-state index in [1.165, 1.54) is 0 Å². The fraction of sp³-hybridized carbons (Fsp3) is 0.909. The monoisotopic (exact) mass is 184 g/mol. The van der Waals surface area contributed by atoms with Crippen molar-refractivity contribution in [3.8, 4) is 0 Å². The van der Waals surface area contributed by atoms with E-state index in [1.54, 1.807) is 0 Å². The van der Waals surface area contributed by atoms with Crippen molar-refractivity contribution in [1.82, 2.24) is 0 Å². The van der Waals surface area contributed by atoms with E-state index in [9.17, 15) is 4.79 Å². The molecule has 0 aliphatic carbocycles. The van der Waals surface area contributed by atoms with E-state index in [2.05, 4.69) is 13.8 Å². The topological polar surface area (TPSA) is 26.3 Å². The molecule has 1 fully saturated rings. The molecular weight excluding hydrogens is 164 g/mol. The predicted molar refractivity (Wildman–Crippen MR) is 52.7 cm³/mol. The highest BCUT2D eigenvalue weighted by Gasteiger charge is 2.33. The first-order valence-electron chi connectivity index (χ1n) is 5.33. The molecule has 2 atom stereocenters. The van der Waals surface area contributed by atoms with Gasteiger partial charge in [-0.15, -0.1) is 0 Å². The standard InChI is InChI=1S/C11H20O2/c1-3-10(2)8-11(9-12)6-4-5-7-13-11/h9-10H,3-8H2,1-2H3. The average Bonchev–Trinajstić information content (AvgIpc) is 2.19. The minimum absolute atomic E-state index is 0.437. The van der Waals surface area contributed by atoms with Crippen LogP contribution in [0.2, 0.25) is 0 Å². The summed E-state index contributed by atoms with van der Waals surface area (Å²) in [5.41, 5.74) is -0.437. The number of rotatable bonds is 4. The van der Waals surface area contributed by atoms with Crippen LogP contribution in [0.3, 0.4) is 0 Å². The summed E-state index contributed by atoms with van der Waals surface area (Å²) in [4.78, 5) is 11.0. The first-order valence-corrected chi connectivity index (χ1v) is 5.33. The van der Waals surface area contributed by atoms with Gasteiger partial charge in [-0.1, -0.05) is 20.3 Å². The smallest absolute Gasteiger partial charge is 0.151 e. The molecule has 0 saturated carbocycles. The average molecular weight is 184 g/mol. The molecule has 2 nitrogen and oxygen atoms in total. The molecule has 2 heteroatoms. The molecular formula is C11H20O2. The van der Waals surface area contributed by atoms with Gasteiger partial charge in [-0.05, 0) is 31.6 Å². The Bertz CT molecular complexity index is 159. The zero-order valence-electron chi connectivity index (χ0n) is 8.71. The van der Waals surface area contributed by atoms with E-state index < -0.39 is 5.60 Å². The fourth-order valence-electron chi connectivity index (χ4n) is 1.91. The van der Waals surface area contributed by atoms with Crippen LogP contribution >= 0.6 is 0 Å². The lowest BCUT2D eigenvalue weighted by molar-refractivity contribution is -0.140. The predicted octanol–water partition coefficient (Wildman–Crippen LogP) is 2.56. The molecule has 0 aromatic heterocycles. The third-order valence-corrected chi connectivity index (χ3v) is 2.99. The van der Waals surface area contributed by atoms with Crippen molar-refractivity contribution in [1.29, 1.82) is 0 Å². The van der Waals surface area contributed by atoms with Gasteiger partial charge in [-0.2, -0.15) is 0 Å². The van der Waals surface area contributed by atoms with E-state index in [1.807, 2.05) is 0 Å². The Morgan fingerprint density at radius 2 is 2.31 bits per heavy atom. The first-order chi connectivity index (χ1) is 6.22. The highest BCUT2D eigenvalue weighted by Crippen LogP contribution is 2.30. The highest BCUT2D eigenvalue weighted by atomic mass is 16.5. The van der Waals surface area contributed by atoms with Gasteiger partial charge >= 0.3 is 0 Å². The van der Waals surface area contributed by atoms with Gasteiger partial charge < -0.3 is 9.53 Å². The summed E-state index contributed by atoms with van der Waals surface area (Å²) in [6.45, 7) is 5.10. The summed E-state index contributed by atoms with van der Waals surface area (Å²) < 4.78 is 5.62. The summed E-state index contributed by atoms with van der Waals surface area (Å²) in [5, 5.41) is 0. The van der Waals surface area contributed by atoms with Crippen molar-refractivity contribution >= 4 is 6.29 Å². The maximum absolute atomic E-state index is 11.0. The molecule has 13 heavy (non-hydrogen) atoms. The Labute approximate surface area is 80.7 Å². The summed E-state index contributed by atoms with van der Waals surface area (Å²) >= 11 is 0. The van der Waals surface area contributed by atoms with E-state index in [0.29, 0.717) is 5.92 Å². The van der Waals surface area contributed by atoms with Crippen LogP contribution in [0, 0.1) is 5.92 Å². The van der Waals surface area contributed by atoms with Crippen LogP contribution in [-0.4, -0.2) is 18.5 Å². The van der Waals surface area contributed by atoms with Crippen LogP contribution in [0.1, 0.15) is 46.0 Å². The van der Waals surface area contributed by atoms with Crippen LogP contribution < -0.4 is 0 Å². The summed E-state index contributed by atoms with van der Waals surface area (Å²) in [6, 6.07) is 0. The first kappa shape index (κ1) is 10.7. The lowest BCUT2D eigenvalue weighted by Crippen LogP contribution is -2.39. The number of hydrogen-bond donors (Lipinski definition) is 0. The Hall–Kier alpha value is -0.370. The number of carbonyl (C=O) groups is 1. The largest absolute Gasteiger partial charge is 0.368 e. The molecule has 0 aromatic rings. The Balaban J connectivity index is 2.52. The minimum Gasteiger partial charge on any atom is -0.368 e. The zero-order chi connectivity index (χ0) is 9.73. The molecule has 0 radical (unpaired) electrons. The van der Waals surface area contributed by atoms with Gasteiger partial charge in [-0.3, -0.25) is 0 Å². The second-order valence-corrected chi connectivity index (χ2v) is 4.21. The normalized spacial score (nSPS) is 31.2. The zero-order valence-corrected chi connectivity index (χ0v) is 8.71. The highest BCUT2D eigenvalue weighted by molar-refractivity contribution is 5.62. The molecule has 1 aliphatic rings. The van der Waals surface area contributed by atoms with Crippen LogP contribution in [0.25, 0.3) is 0 Å². The molecule has 0 spiro atoms. The SMILES string of the molecule is CCC(C)CC1(C=O)CCCCO1. The van der Waals surface area contributed by atoms with Crippen LogP contribution in [0.5, 0.6) is 0 Å². The van der Waals surface area contributed by atoms with E-state index in [4.69, 9.17) is 4.74 Å². The van der Waals surface area contributed by atoms with E-state index in [0.717, 1.165) is 45.0 Å². The summed E-state index contributed by atoms with van der Waals surface area (Å²) in [6.07, 6.45) is 6.20. The minimum atomic E-state index is -0.437. The lowest BCUT2D eigenvalue weighted by atomic mass is 9.85. The van der Waals surface area contributed by atoms with Crippen molar-refractivity contribution < 1.29 is 9.53 Å². The second-order valence-electron chi connectivity index (χ2n) is 4.21. The lowest BCUT2D eigenvalue weighted by Gasteiger charge is -2.34. The number of hydrogen-bond acceptors (Lipinski definition) is 2. The van der Waals surface area contributed by atoms with E-state index >= 15 is 0 Å². The Morgan fingerprint density at radius 1 is 1.54 bits per heavy atom.